The number of non-ortho nitro benzene ring substituents is 2. The first-order valence-electron chi connectivity index (χ1n) is 12.4. The predicted molar refractivity (Wildman–Crippen MR) is 148 cm³/mol. The average molecular weight is 546 g/mol. The van der Waals surface area contributed by atoms with Crippen LogP contribution in [-0.4, -0.2) is 97.5 Å². The van der Waals surface area contributed by atoms with Crippen molar-refractivity contribution in [2.75, 3.05) is 87.7 Å². The van der Waals surface area contributed by atoms with Crippen molar-refractivity contribution in [3.8, 4) is 0 Å². The van der Waals surface area contributed by atoms with Gasteiger partial charge in [-0.2, -0.15) is 0 Å². The standard InChI is InChI=1S/C12H16ClN3O2.C12H16N6O2/c13-5-6-14-7-9-15(10-8-14)11-1-3-12(4-2-11)16(17)18;13-15-14-5-6-16-7-9-17(10-8-16)11-1-3-12(4-2-11)18(19)20/h1-4H,5-10H2;1-4H,5-10H2. The number of nitro groups is 2. The predicted octanol–water partition coefficient (Wildman–Crippen LogP) is 3.98. The number of piperazine rings is 2. The number of azide groups is 1. The third-order valence-electron chi connectivity index (χ3n) is 6.58. The van der Waals surface area contributed by atoms with Gasteiger partial charge in [0.2, 0.25) is 0 Å². The molecule has 2 aromatic carbocycles. The lowest BCUT2D eigenvalue weighted by Crippen LogP contribution is -2.47. The molecular weight excluding hydrogens is 514 g/mol. The molecule has 2 fully saturated rings. The molecule has 0 radical (unpaired) electrons. The van der Waals surface area contributed by atoms with Gasteiger partial charge in [0.15, 0.2) is 0 Å². The number of halogens is 1. The number of hydrogen-bond donors (Lipinski definition) is 0. The van der Waals surface area contributed by atoms with Crippen LogP contribution in [0.1, 0.15) is 0 Å². The van der Waals surface area contributed by atoms with Gasteiger partial charge in [-0.05, 0) is 29.8 Å². The maximum atomic E-state index is 10.6. The van der Waals surface area contributed by atoms with E-state index in [0.717, 1.165) is 76.8 Å². The minimum atomic E-state index is -0.391. The second-order valence-electron chi connectivity index (χ2n) is 8.85. The molecule has 0 spiro atoms. The van der Waals surface area contributed by atoms with Crippen molar-refractivity contribution in [3.63, 3.8) is 0 Å². The van der Waals surface area contributed by atoms with Crippen LogP contribution < -0.4 is 9.80 Å². The van der Waals surface area contributed by atoms with Crippen LogP contribution in [0.5, 0.6) is 0 Å². The van der Waals surface area contributed by atoms with E-state index in [1.54, 1.807) is 24.3 Å². The van der Waals surface area contributed by atoms with Crippen molar-refractivity contribution in [2.24, 2.45) is 5.11 Å². The lowest BCUT2D eigenvalue weighted by Gasteiger charge is -2.35. The highest BCUT2D eigenvalue weighted by atomic mass is 35.5. The summed E-state index contributed by atoms with van der Waals surface area (Å²) in [6.07, 6.45) is 0. The van der Waals surface area contributed by atoms with E-state index in [4.69, 9.17) is 17.1 Å². The number of hydrogen-bond acceptors (Lipinski definition) is 9. The van der Waals surface area contributed by atoms with Gasteiger partial charge in [0.05, 0.1) is 9.85 Å². The van der Waals surface area contributed by atoms with Crippen molar-refractivity contribution in [3.05, 3.63) is 79.2 Å². The molecule has 0 bridgehead atoms. The summed E-state index contributed by atoms with van der Waals surface area (Å²) in [6, 6.07) is 13.4. The molecule has 2 heterocycles. The molecule has 14 heteroatoms. The first-order chi connectivity index (χ1) is 18.4. The fourth-order valence-corrected chi connectivity index (χ4v) is 4.62. The highest BCUT2D eigenvalue weighted by Crippen LogP contribution is 2.21. The highest BCUT2D eigenvalue weighted by molar-refractivity contribution is 6.18. The summed E-state index contributed by atoms with van der Waals surface area (Å²) in [6.45, 7) is 9.59. The van der Waals surface area contributed by atoms with Crippen LogP contribution in [0.25, 0.3) is 10.4 Å². The van der Waals surface area contributed by atoms with Crippen LogP contribution >= 0.6 is 11.6 Å². The largest absolute Gasteiger partial charge is 0.369 e. The van der Waals surface area contributed by atoms with E-state index < -0.39 is 4.92 Å². The quantitative estimate of drug-likeness (QED) is 0.115. The molecule has 0 atom stereocenters. The highest BCUT2D eigenvalue weighted by Gasteiger charge is 2.18. The third-order valence-corrected chi connectivity index (χ3v) is 6.75. The lowest BCUT2D eigenvalue weighted by molar-refractivity contribution is -0.385. The molecule has 38 heavy (non-hydrogen) atoms. The van der Waals surface area contributed by atoms with Gasteiger partial charge in [0.1, 0.15) is 0 Å². The fourth-order valence-electron chi connectivity index (χ4n) is 4.38. The summed E-state index contributed by atoms with van der Waals surface area (Å²) in [5.74, 6) is 0.664. The van der Waals surface area contributed by atoms with E-state index in [1.165, 1.54) is 12.1 Å². The zero-order valence-corrected chi connectivity index (χ0v) is 21.9. The van der Waals surface area contributed by atoms with E-state index in [0.29, 0.717) is 12.4 Å². The van der Waals surface area contributed by atoms with Crippen LogP contribution in [-0.2, 0) is 0 Å². The van der Waals surface area contributed by atoms with E-state index >= 15 is 0 Å². The topological polar surface area (TPSA) is 148 Å². The second kappa shape index (κ2) is 14.9. The van der Waals surface area contributed by atoms with Crippen LogP contribution in [0.15, 0.2) is 53.6 Å². The van der Waals surface area contributed by atoms with Gasteiger partial charge >= 0.3 is 0 Å². The molecule has 0 saturated carbocycles. The van der Waals surface area contributed by atoms with Gasteiger partial charge in [0.25, 0.3) is 11.4 Å². The van der Waals surface area contributed by atoms with Crippen molar-refractivity contribution < 1.29 is 9.85 Å². The van der Waals surface area contributed by atoms with E-state index in [1.807, 2.05) is 12.1 Å². The maximum Gasteiger partial charge on any atom is 0.269 e. The zero-order valence-electron chi connectivity index (χ0n) is 21.1. The van der Waals surface area contributed by atoms with Crippen molar-refractivity contribution >= 4 is 34.4 Å². The Bertz CT molecular complexity index is 1080. The molecule has 2 saturated heterocycles. The molecule has 2 aliphatic heterocycles. The Labute approximate surface area is 226 Å². The SMILES string of the molecule is O=[N+]([O-])c1ccc(N2CCN(CCCl)CC2)cc1.[N-]=[N+]=NCCN1CCN(c2ccc([N+](=O)[O-])cc2)CC1. The Morgan fingerprint density at radius 1 is 0.737 bits per heavy atom. The Balaban J connectivity index is 0.000000212. The summed E-state index contributed by atoms with van der Waals surface area (Å²) in [5, 5.41) is 24.7. The summed E-state index contributed by atoms with van der Waals surface area (Å²) in [5.41, 5.74) is 10.5. The van der Waals surface area contributed by atoms with Gasteiger partial charge in [0, 0.05) is 118 Å². The molecule has 2 aliphatic rings. The van der Waals surface area contributed by atoms with E-state index in [9.17, 15) is 20.2 Å². The Hall–Kier alpha value is -3.64. The van der Waals surface area contributed by atoms with Crippen LogP contribution in [0.2, 0.25) is 0 Å². The average Bonchev–Trinajstić information content (AvgIpc) is 2.95. The van der Waals surface area contributed by atoms with Crippen LogP contribution in [0.4, 0.5) is 22.7 Å². The monoisotopic (exact) mass is 545 g/mol. The van der Waals surface area contributed by atoms with Gasteiger partial charge in [-0.3, -0.25) is 30.0 Å². The lowest BCUT2D eigenvalue weighted by atomic mass is 10.2. The van der Waals surface area contributed by atoms with Gasteiger partial charge in [-0.15, -0.1) is 11.6 Å². The number of nitrogens with zero attached hydrogens (tertiary/aromatic N) is 9. The van der Waals surface area contributed by atoms with Gasteiger partial charge in [-0.25, -0.2) is 0 Å². The Morgan fingerprint density at radius 2 is 1.13 bits per heavy atom. The first-order valence-corrected chi connectivity index (χ1v) is 12.9. The molecule has 2 aromatic rings. The normalized spacial score (nSPS) is 16.2. The fraction of sp³-hybridized carbons (Fsp3) is 0.500. The molecular formula is C24H32ClN9O4. The Morgan fingerprint density at radius 3 is 1.47 bits per heavy atom. The maximum absolute atomic E-state index is 10.6. The van der Waals surface area contributed by atoms with Crippen LogP contribution in [0.3, 0.4) is 0 Å². The van der Waals surface area contributed by atoms with E-state index in [-0.39, 0.29) is 16.3 Å². The number of anilines is 2. The molecule has 0 N–H and O–H groups in total. The molecule has 204 valence electrons. The van der Waals surface area contributed by atoms with Crippen molar-refractivity contribution in [2.45, 2.75) is 0 Å². The number of nitro benzene ring substituents is 2. The summed E-state index contributed by atoms with van der Waals surface area (Å²) >= 11 is 5.72. The van der Waals surface area contributed by atoms with E-state index in [2.05, 4.69) is 29.6 Å². The van der Waals surface area contributed by atoms with Gasteiger partial charge in [-0.1, -0.05) is 5.11 Å². The summed E-state index contributed by atoms with van der Waals surface area (Å²) in [7, 11) is 0. The minimum Gasteiger partial charge on any atom is -0.369 e. The molecule has 0 amide bonds. The number of alkyl halides is 1. The van der Waals surface area contributed by atoms with Crippen LogP contribution in [0, 0.1) is 20.2 Å². The number of benzene rings is 2. The molecule has 0 unspecified atom stereocenters. The molecule has 13 nitrogen and oxygen atoms in total. The van der Waals surface area contributed by atoms with Crippen molar-refractivity contribution in [1.29, 1.82) is 0 Å². The number of rotatable bonds is 9. The molecule has 4 rings (SSSR count). The summed E-state index contributed by atoms with van der Waals surface area (Å²) in [4.78, 5) is 32.2. The Kier molecular flexibility index (Phi) is 11.4. The third kappa shape index (κ3) is 8.73. The minimum absolute atomic E-state index is 0.113. The van der Waals surface area contributed by atoms with Crippen molar-refractivity contribution in [1.82, 2.24) is 9.80 Å². The molecule has 0 aliphatic carbocycles. The smallest absolute Gasteiger partial charge is 0.269 e. The second-order valence-corrected chi connectivity index (χ2v) is 9.23. The first kappa shape index (κ1) is 28.9. The van der Waals surface area contributed by atoms with Gasteiger partial charge < -0.3 is 9.80 Å². The summed E-state index contributed by atoms with van der Waals surface area (Å²) < 4.78 is 0. The molecule has 0 aromatic heterocycles. The zero-order chi connectivity index (χ0) is 27.3.